The maximum atomic E-state index is 12.7. The molecule has 2 aromatic heterocycles. The lowest BCUT2D eigenvalue weighted by Crippen LogP contribution is -2.20. The zero-order valence-corrected chi connectivity index (χ0v) is 17.3. The van der Waals surface area contributed by atoms with E-state index in [-0.39, 0.29) is 5.91 Å². The highest BCUT2D eigenvalue weighted by Gasteiger charge is 2.16. The second-order valence-electron chi connectivity index (χ2n) is 7.65. The first kappa shape index (κ1) is 21.0. The van der Waals surface area contributed by atoms with Gasteiger partial charge in [-0.1, -0.05) is 19.3 Å². The molecule has 7 nitrogen and oxygen atoms in total. The SMILES string of the molecule is CN(C)CCOc1cc(C(=O)Nc2ncccc2OCC2CCCCC2)ccn1. The number of aromatic nitrogens is 2. The Kier molecular flexibility index (Phi) is 7.81. The summed E-state index contributed by atoms with van der Waals surface area (Å²) in [7, 11) is 3.95. The second kappa shape index (κ2) is 10.8. The molecular weight excluding hydrogens is 368 g/mol. The molecule has 0 bridgehead atoms. The highest BCUT2D eigenvalue weighted by molar-refractivity contribution is 6.04. The van der Waals surface area contributed by atoms with Crippen molar-refractivity contribution >= 4 is 11.7 Å². The summed E-state index contributed by atoms with van der Waals surface area (Å²) in [5.41, 5.74) is 0.462. The lowest BCUT2D eigenvalue weighted by molar-refractivity contribution is 0.102. The van der Waals surface area contributed by atoms with Crippen molar-refractivity contribution in [3.63, 3.8) is 0 Å². The lowest BCUT2D eigenvalue weighted by Gasteiger charge is -2.22. The minimum atomic E-state index is -0.272. The van der Waals surface area contributed by atoms with Gasteiger partial charge in [-0.3, -0.25) is 4.79 Å². The number of carbonyl (C=O) groups excluding carboxylic acids is 1. The van der Waals surface area contributed by atoms with Crippen LogP contribution in [0.1, 0.15) is 42.5 Å². The molecule has 0 spiro atoms. The molecule has 29 heavy (non-hydrogen) atoms. The van der Waals surface area contributed by atoms with Gasteiger partial charge in [0.2, 0.25) is 5.88 Å². The monoisotopic (exact) mass is 398 g/mol. The molecule has 1 saturated carbocycles. The van der Waals surface area contributed by atoms with Crippen LogP contribution in [0.15, 0.2) is 36.7 Å². The van der Waals surface area contributed by atoms with Crippen LogP contribution in [0.25, 0.3) is 0 Å². The van der Waals surface area contributed by atoms with Crippen LogP contribution in [0.3, 0.4) is 0 Å². The number of carbonyl (C=O) groups is 1. The molecule has 2 aromatic rings. The van der Waals surface area contributed by atoms with Gasteiger partial charge in [0.1, 0.15) is 6.61 Å². The third-order valence-electron chi connectivity index (χ3n) is 4.99. The molecular formula is C22H30N4O3. The summed E-state index contributed by atoms with van der Waals surface area (Å²) in [6, 6.07) is 6.94. The topological polar surface area (TPSA) is 76.6 Å². The Morgan fingerprint density at radius 2 is 1.97 bits per heavy atom. The second-order valence-corrected chi connectivity index (χ2v) is 7.65. The molecule has 1 amide bonds. The minimum absolute atomic E-state index is 0.272. The molecule has 0 saturated heterocycles. The average Bonchev–Trinajstić information content (AvgIpc) is 2.74. The Labute approximate surface area is 172 Å². The molecule has 156 valence electrons. The molecule has 0 unspecified atom stereocenters. The third kappa shape index (κ3) is 6.71. The van der Waals surface area contributed by atoms with Crippen LogP contribution >= 0.6 is 0 Å². The number of amides is 1. The summed E-state index contributed by atoms with van der Waals surface area (Å²) >= 11 is 0. The van der Waals surface area contributed by atoms with Gasteiger partial charge in [0.15, 0.2) is 11.6 Å². The van der Waals surface area contributed by atoms with Crippen molar-refractivity contribution in [3.8, 4) is 11.6 Å². The Balaban J connectivity index is 1.60. The number of anilines is 1. The van der Waals surface area contributed by atoms with Gasteiger partial charge < -0.3 is 19.7 Å². The zero-order chi connectivity index (χ0) is 20.5. The third-order valence-corrected chi connectivity index (χ3v) is 4.99. The van der Waals surface area contributed by atoms with E-state index < -0.39 is 0 Å². The Hall–Kier alpha value is -2.67. The summed E-state index contributed by atoms with van der Waals surface area (Å²) in [6.07, 6.45) is 9.48. The van der Waals surface area contributed by atoms with Gasteiger partial charge in [-0.15, -0.1) is 0 Å². The first-order valence-corrected chi connectivity index (χ1v) is 10.2. The summed E-state index contributed by atoms with van der Waals surface area (Å²) < 4.78 is 11.6. The van der Waals surface area contributed by atoms with E-state index in [9.17, 15) is 4.79 Å². The standard InChI is InChI=1S/C22H30N4O3/c1-26(2)13-14-28-20-15-18(10-12-23-20)22(27)25-21-19(9-6-11-24-21)29-16-17-7-4-3-5-8-17/h6,9-12,15,17H,3-5,7-8,13-14,16H2,1-2H3,(H,24,25,27). The molecule has 2 heterocycles. The van der Waals surface area contributed by atoms with Crippen LogP contribution in [0.4, 0.5) is 5.82 Å². The minimum Gasteiger partial charge on any atom is -0.489 e. The number of nitrogens with one attached hydrogen (secondary N) is 1. The Bertz CT molecular complexity index is 791. The molecule has 0 atom stereocenters. The van der Waals surface area contributed by atoms with E-state index in [1.54, 1.807) is 24.5 Å². The highest BCUT2D eigenvalue weighted by atomic mass is 16.5. The van der Waals surface area contributed by atoms with E-state index in [1.807, 2.05) is 31.1 Å². The normalized spacial score (nSPS) is 14.6. The van der Waals surface area contributed by atoms with E-state index in [0.717, 1.165) is 6.54 Å². The molecule has 0 aliphatic heterocycles. The van der Waals surface area contributed by atoms with E-state index >= 15 is 0 Å². The maximum Gasteiger partial charge on any atom is 0.257 e. The van der Waals surface area contributed by atoms with Crippen molar-refractivity contribution in [1.82, 2.24) is 14.9 Å². The van der Waals surface area contributed by atoms with E-state index in [0.29, 0.717) is 42.1 Å². The van der Waals surface area contributed by atoms with Crippen LogP contribution in [0.5, 0.6) is 11.6 Å². The molecule has 0 radical (unpaired) electrons. The first-order chi connectivity index (χ1) is 14.1. The predicted octanol–water partition coefficient (Wildman–Crippen LogP) is 3.63. The molecule has 1 aliphatic carbocycles. The average molecular weight is 399 g/mol. The molecule has 1 N–H and O–H groups in total. The molecule has 0 aromatic carbocycles. The van der Waals surface area contributed by atoms with Crippen molar-refractivity contribution < 1.29 is 14.3 Å². The number of nitrogens with zero attached hydrogens (tertiary/aromatic N) is 3. The van der Waals surface area contributed by atoms with Crippen molar-refractivity contribution in [3.05, 3.63) is 42.2 Å². The smallest absolute Gasteiger partial charge is 0.257 e. The Morgan fingerprint density at radius 3 is 2.76 bits per heavy atom. The van der Waals surface area contributed by atoms with E-state index in [2.05, 4.69) is 15.3 Å². The zero-order valence-electron chi connectivity index (χ0n) is 17.3. The quantitative estimate of drug-likeness (QED) is 0.695. The van der Waals surface area contributed by atoms with Crippen LogP contribution in [-0.4, -0.2) is 54.6 Å². The highest BCUT2D eigenvalue weighted by Crippen LogP contribution is 2.27. The number of pyridine rings is 2. The van der Waals surface area contributed by atoms with E-state index in [1.165, 1.54) is 32.1 Å². The molecule has 7 heteroatoms. The van der Waals surface area contributed by atoms with Gasteiger partial charge in [0, 0.05) is 30.6 Å². The largest absolute Gasteiger partial charge is 0.489 e. The summed E-state index contributed by atoms with van der Waals surface area (Å²) in [5.74, 6) is 1.76. The number of likely N-dealkylation sites (N-methyl/N-ethyl adjacent to an activating group) is 1. The molecule has 1 fully saturated rings. The van der Waals surface area contributed by atoms with Gasteiger partial charge >= 0.3 is 0 Å². The van der Waals surface area contributed by atoms with Gasteiger partial charge in [-0.05, 0) is 51.1 Å². The fourth-order valence-electron chi connectivity index (χ4n) is 3.30. The van der Waals surface area contributed by atoms with Gasteiger partial charge in [0.05, 0.1) is 6.61 Å². The van der Waals surface area contributed by atoms with Crippen molar-refractivity contribution in [2.45, 2.75) is 32.1 Å². The van der Waals surface area contributed by atoms with Crippen LogP contribution in [-0.2, 0) is 0 Å². The number of ether oxygens (including phenoxy) is 2. The molecule has 3 rings (SSSR count). The Morgan fingerprint density at radius 1 is 1.14 bits per heavy atom. The van der Waals surface area contributed by atoms with Crippen LogP contribution in [0.2, 0.25) is 0 Å². The van der Waals surface area contributed by atoms with Crippen molar-refractivity contribution in [2.75, 3.05) is 39.2 Å². The van der Waals surface area contributed by atoms with Crippen LogP contribution in [0, 0.1) is 5.92 Å². The fraction of sp³-hybridized carbons (Fsp3) is 0.500. The number of hydrogen-bond acceptors (Lipinski definition) is 6. The van der Waals surface area contributed by atoms with Crippen molar-refractivity contribution in [1.29, 1.82) is 0 Å². The number of rotatable bonds is 9. The van der Waals surface area contributed by atoms with Gasteiger partial charge in [-0.25, -0.2) is 9.97 Å². The van der Waals surface area contributed by atoms with Gasteiger partial charge in [0.25, 0.3) is 5.91 Å². The lowest BCUT2D eigenvalue weighted by atomic mass is 9.90. The number of hydrogen-bond donors (Lipinski definition) is 1. The summed E-state index contributed by atoms with van der Waals surface area (Å²) in [6.45, 7) is 1.94. The van der Waals surface area contributed by atoms with Crippen LogP contribution < -0.4 is 14.8 Å². The predicted molar refractivity (Wildman–Crippen MR) is 113 cm³/mol. The maximum absolute atomic E-state index is 12.7. The van der Waals surface area contributed by atoms with Gasteiger partial charge in [-0.2, -0.15) is 0 Å². The van der Waals surface area contributed by atoms with E-state index in [4.69, 9.17) is 9.47 Å². The van der Waals surface area contributed by atoms with Crippen molar-refractivity contribution in [2.24, 2.45) is 5.92 Å². The summed E-state index contributed by atoms with van der Waals surface area (Å²) in [5, 5.41) is 2.85. The summed E-state index contributed by atoms with van der Waals surface area (Å²) in [4.78, 5) is 23.2. The molecule has 1 aliphatic rings. The fourth-order valence-corrected chi connectivity index (χ4v) is 3.30. The first-order valence-electron chi connectivity index (χ1n) is 10.2.